The largest absolute Gasteiger partial charge is 0.393 e. The van der Waals surface area contributed by atoms with Crippen molar-refractivity contribution in [1.29, 1.82) is 0 Å². The van der Waals surface area contributed by atoms with Crippen LogP contribution in [-0.2, 0) is 9.59 Å². The summed E-state index contributed by atoms with van der Waals surface area (Å²) >= 11 is 4.74. The Hall–Kier alpha value is -0.970. The summed E-state index contributed by atoms with van der Waals surface area (Å²) in [6.45, 7) is 3.54. The Bertz CT molecular complexity index is 291. The number of amides is 2. The Labute approximate surface area is 88.4 Å². The van der Waals surface area contributed by atoms with Gasteiger partial charge < -0.3 is 5.73 Å². The molecule has 1 aliphatic rings. The van der Waals surface area contributed by atoms with Crippen LogP contribution >= 0.6 is 12.2 Å². The third-order valence-electron chi connectivity index (χ3n) is 2.35. The monoisotopic (exact) mass is 214 g/mol. The fourth-order valence-corrected chi connectivity index (χ4v) is 1.89. The van der Waals surface area contributed by atoms with Gasteiger partial charge in [0.15, 0.2) is 0 Å². The Morgan fingerprint density at radius 2 is 2.29 bits per heavy atom. The second-order valence-corrected chi connectivity index (χ2v) is 4.25. The summed E-state index contributed by atoms with van der Waals surface area (Å²) in [5.74, 6) is -0.429. The molecule has 0 aliphatic carbocycles. The highest BCUT2D eigenvalue weighted by atomic mass is 32.1. The van der Waals surface area contributed by atoms with Gasteiger partial charge in [-0.1, -0.05) is 19.1 Å². The summed E-state index contributed by atoms with van der Waals surface area (Å²) in [6.07, 6.45) is 0.708. The van der Waals surface area contributed by atoms with Gasteiger partial charge in [0, 0.05) is 24.8 Å². The van der Waals surface area contributed by atoms with Crippen molar-refractivity contribution >= 4 is 29.0 Å². The van der Waals surface area contributed by atoms with Crippen LogP contribution in [0, 0.1) is 5.92 Å². The fourth-order valence-electron chi connectivity index (χ4n) is 1.65. The second-order valence-electron chi connectivity index (χ2n) is 3.73. The van der Waals surface area contributed by atoms with E-state index in [0.717, 1.165) is 0 Å². The predicted molar refractivity (Wildman–Crippen MR) is 56.5 cm³/mol. The molecule has 1 aliphatic heterocycles. The first kappa shape index (κ1) is 11.1. The van der Waals surface area contributed by atoms with Crippen molar-refractivity contribution in [2.75, 3.05) is 0 Å². The van der Waals surface area contributed by atoms with Gasteiger partial charge in [-0.15, -0.1) is 0 Å². The zero-order valence-corrected chi connectivity index (χ0v) is 9.13. The van der Waals surface area contributed by atoms with E-state index in [1.54, 1.807) is 13.8 Å². The molecule has 5 heteroatoms. The number of likely N-dealkylation sites (tertiary alicyclic amines) is 1. The van der Waals surface area contributed by atoms with Crippen LogP contribution in [0.5, 0.6) is 0 Å². The van der Waals surface area contributed by atoms with Crippen LogP contribution in [0.4, 0.5) is 0 Å². The summed E-state index contributed by atoms with van der Waals surface area (Å²) in [6, 6.07) is -0.211. The number of rotatable bonds is 3. The molecule has 2 N–H and O–H groups in total. The maximum atomic E-state index is 11.6. The van der Waals surface area contributed by atoms with Crippen LogP contribution in [0.1, 0.15) is 26.7 Å². The van der Waals surface area contributed by atoms with Crippen LogP contribution in [-0.4, -0.2) is 27.7 Å². The number of hydrogen-bond donors (Lipinski definition) is 1. The third-order valence-corrected chi connectivity index (χ3v) is 2.51. The Kier molecular flexibility index (Phi) is 3.21. The summed E-state index contributed by atoms with van der Waals surface area (Å²) in [4.78, 5) is 24.6. The molecule has 2 unspecified atom stereocenters. The van der Waals surface area contributed by atoms with E-state index in [1.165, 1.54) is 4.90 Å². The van der Waals surface area contributed by atoms with Gasteiger partial charge >= 0.3 is 0 Å². The number of carbonyl (C=O) groups is 2. The quantitative estimate of drug-likeness (QED) is 0.547. The Morgan fingerprint density at radius 1 is 1.71 bits per heavy atom. The summed E-state index contributed by atoms with van der Waals surface area (Å²) in [5, 5.41) is 0. The number of nitrogens with two attached hydrogens (primary N) is 1. The fraction of sp³-hybridized carbons (Fsp3) is 0.667. The topological polar surface area (TPSA) is 63.4 Å². The Balaban J connectivity index is 2.72. The number of carbonyl (C=O) groups excluding carboxylic acids is 2. The van der Waals surface area contributed by atoms with Gasteiger partial charge in [-0.3, -0.25) is 14.5 Å². The normalized spacial score (nSPS) is 24.1. The highest BCUT2D eigenvalue weighted by Gasteiger charge is 2.38. The average Bonchev–Trinajstić information content (AvgIpc) is 2.25. The third kappa shape index (κ3) is 2.09. The zero-order chi connectivity index (χ0) is 10.9. The van der Waals surface area contributed by atoms with Gasteiger partial charge in [0.1, 0.15) is 0 Å². The van der Waals surface area contributed by atoms with Gasteiger partial charge in [0.05, 0.1) is 4.99 Å². The minimum absolute atomic E-state index is 0.112. The molecular formula is C9H14N2O2S. The predicted octanol–water partition coefficient (Wildman–Crippen LogP) is 0.446. The molecular weight excluding hydrogens is 200 g/mol. The molecule has 2 amide bonds. The SMILES string of the molecule is CC1CC(=O)N(C(C)CC(N)=S)C1=O. The molecule has 0 aromatic carbocycles. The summed E-state index contributed by atoms with van der Waals surface area (Å²) in [5.41, 5.74) is 5.37. The van der Waals surface area contributed by atoms with E-state index in [0.29, 0.717) is 17.8 Å². The highest BCUT2D eigenvalue weighted by Crippen LogP contribution is 2.22. The lowest BCUT2D eigenvalue weighted by Gasteiger charge is -2.22. The average molecular weight is 214 g/mol. The van der Waals surface area contributed by atoms with E-state index in [9.17, 15) is 9.59 Å². The molecule has 2 atom stereocenters. The lowest BCUT2D eigenvalue weighted by Crippen LogP contribution is -2.40. The van der Waals surface area contributed by atoms with E-state index in [1.807, 2.05) is 0 Å². The summed E-state index contributed by atoms with van der Waals surface area (Å²) < 4.78 is 0. The van der Waals surface area contributed by atoms with Crippen molar-refractivity contribution in [3.05, 3.63) is 0 Å². The van der Waals surface area contributed by atoms with E-state index in [4.69, 9.17) is 18.0 Å². The van der Waals surface area contributed by atoms with Crippen molar-refractivity contribution in [3.8, 4) is 0 Å². The maximum Gasteiger partial charge on any atom is 0.232 e. The van der Waals surface area contributed by atoms with Gasteiger partial charge in [-0.2, -0.15) is 0 Å². The first-order chi connectivity index (χ1) is 6.43. The van der Waals surface area contributed by atoms with Gasteiger partial charge in [-0.25, -0.2) is 0 Å². The van der Waals surface area contributed by atoms with E-state index in [2.05, 4.69) is 0 Å². The van der Waals surface area contributed by atoms with Crippen LogP contribution in [0.15, 0.2) is 0 Å². The smallest absolute Gasteiger partial charge is 0.232 e. The van der Waals surface area contributed by atoms with Crippen molar-refractivity contribution < 1.29 is 9.59 Å². The molecule has 14 heavy (non-hydrogen) atoms. The number of thiocarbonyl (C=S) groups is 1. The molecule has 0 aromatic heterocycles. The lowest BCUT2D eigenvalue weighted by atomic mass is 10.1. The van der Waals surface area contributed by atoms with Crippen LogP contribution in [0.3, 0.4) is 0 Å². The molecule has 1 rings (SSSR count). The molecule has 0 aromatic rings. The van der Waals surface area contributed by atoms with Gasteiger partial charge in [0.2, 0.25) is 11.8 Å². The van der Waals surface area contributed by atoms with Crippen molar-refractivity contribution in [3.63, 3.8) is 0 Å². The molecule has 0 spiro atoms. The molecule has 0 radical (unpaired) electrons. The van der Waals surface area contributed by atoms with Gasteiger partial charge in [-0.05, 0) is 6.92 Å². The molecule has 1 saturated heterocycles. The molecule has 0 bridgehead atoms. The van der Waals surface area contributed by atoms with E-state index in [-0.39, 0.29) is 23.8 Å². The minimum Gasteiger partial charge on any atom is -0.393 e. The molecule has 1 heterocycles. The van der Waals surface area contributed by atoms with Crippen molar-refractivity contribution in [2.45, 2.75) is 32.7 Å². The second kappa shape index (κ2) is 4.04. The van der Waals surface area contributed by atoms with Crippen LogP contribution in [0.25, 0.3) is 0 Å². The number of imide groups is 1. The van der Waals surface area contributed by atoms with Crippen LogP contribution < -0.4 is 5.73 Å². The Morgan fingerprint density at radius 3 is 2.64 bits per heavy atom. The maximum absolute atomic E-state index is 11.6. The molecule has 1 fully saturated rings. The highest BCUT2D eigenvalue weighted by molar-refractivity contribution is 7.80. The molecule has 0 saturated carbocycles. The first-order valence-corrected chi connectivity index (χ1v) is 4.98. The van der Waals surface area contributed by atoms with Crippen molar-refractivity contribution in [1.82, 2.24) is 4.90 Å². The molecule has 78 valence electrons. The number of nitrogens with zero attached hydrogens (tertiary/aromatic N) is 1. The van der Waals surface area contributed by atoms with Gasteiger partial charge in [0.25, 0.3) is 0 Å². The van der Waals surface area contributed by atoms with Crippen molar-refractivity contribution in [2.24, 2.45) is 11.7 Å². The number of hydrogen-bond acceptors (Lipinski definition) is 3. The summed E-state index contributed by atoms with van der Waals surface area (Å²) in [7, 11) is 0. The van der Waals surface area contributed by atoms with E-state index >= 15 is 0 Å². The van der Waals surface area contributed by atoms with E-state index < -0.39 is 0 Å². The molecule has 4 nitrogen and oxygen atoms in total. The lowest BCUT2D eigenvalue weighted by molar-refractivity contribution is -0.141. The first-order valence-electron chi connectivity index (χ1n) is 4.57. The minimum atomic E-state index is -0.211. The zero-order valence-electron chi connectivity index (χ0n) is 8.32. The standard InChI is InChI=1S/C9H14N2O2S/c1-5-3-8(12)11(9(5)13)6(2)4-7(10)14/h5-6H,3-4H2,1-2H3,(H2,10,14). The van der Waals surface area contributed by atoms with Crippen LogP contribution in [0.2, 0.25) is 0 Å².